The quantitative estimate of drug-likeness (QED) is 0.712. The Morgan fingerprint density at radius 1 is 0.778 bits per heavy atom. The van der Waals surface area contributed by atoms with Gasteiger partial charge in [0.25, 0.3) is 0 Å². The molecule has 0 bridgehead atoms. The Hall–Kier alpha value is -0.0800. The van der Waals surface area contributed by atoms with Crippen molar-refractivity contribution < 1.29 is 0 Å². The molecule has 0 aromatic carbocycles. The molecule has 18 heavy (non-hydrogen) atoms. The van der Waals surface area contributed by atoms with E-state index < -0.39 is 0 Å². The third kappa shape index (κ3) is 4.55. The summed E-state index contributed by atoms with van der Waals surface area (Å²) in [4.78, 5) is 2.80. The van der Waals surface area contributed by atoms with E-state index in [0.717, 1.165) is 17.8 Å². The lowest BCUT2D eigenvalue weighted by atomic mass is 9.93. The number of piperidine rings is 1. The molecule has 0 aromatic rings. The summed E-state index contributed by atoms with van der Waals surface area (Å²) in [6.45, 7) is 6.75. The zero-order valence-corrected chi connectivity index (χ0v) is 11.9. The van der Waals surface area contributed by atoms with Crippen molar-refractivity contribution in [2.75, 3.05) is 32.7 Å². The first-order valence-electron chi connectivity index (χ1n) is 8.33. The lowest BCUT2D eigenvalue weighted by Gasteiger charge is -2.25. The summed E-state index contributed by atoms with van der Waals surface area (Å²) in [5.74, 6) is 3.17. The second-order valence-electron chi connectivity index (χ2n) is 6.98. The van der Waals surface area contributed by atoms with Gasteiger partial charge in [0.2, 0.25) is 0 Å². The molecule has 0 spiro atoms. The summed E-state index contributed by atoms with van der Waals surface area (Å²) in [5.41, 5.74) is 0. The molecule has 3 fully saturated rings. The maximum Gasteiger partial charge on any atom is 0.000978 e. The van der Waals surface area contributed by atoms with Gasteiger partial charge < -0.3 is 10.2 Å². The summed E-state index contributed by atoms with van der Waals surface area (Å²) in [5, 5.41) is 3.47. The first-order chi connectivity index (χ1) is 8.90. The van der Waals surface area contributed by atoms with Gasteiger partial charge in [-0.15, -0.1) is 0 Å². The van der Waals surface area contributed by atoms with Gasteiger partial charge in [-0.05, 0) is 88.8 Å². The van der Waals surface area contributed by atoms with Gasteiger partial charge in [-0.3, -0.25) is 0 Å². The molecule has 0 radical (unpaired) electrons. The van der Waals surface area contributed by atoms with Crippen molar-refractivity contribution in [2.24, 2.45) is 17.8 Å². The van der Waals surface area contributed by atoms with E-state index in [0.29, 0.717) is 0 Å². The Balaban J connectivity index is 1.32. The molecule has 0 aromatic heterocycles. The van der Waals surface area contributed by atoms with Gasteiger partial charge in [-0.1, -0.05) is 0 Å². The Morgan fingerprint density at radius 3 is 1.94 bits per heavy atom. The molecule has 1 saturated heterocycles. The fraction of sp³-hybridized carbons (Fsp3) is 1.00. The molecule has 1 heterocycles. The highest BCUT2D eigenvalue weighted by molar-refractivity contribution is 4.82. The van der Waals surface area contributed by atoms with Crippen LogP contribution in [-0.2, 0) is 0 Å². The van der Waals surface area contributed by atoms with Gasteiger partial charge in [0.1, 0.15) is 0 Å². The second kappa shape index (κ2) is 6.38. The summed E-state index contributed by atoms with van der Waals surface area (Å²) in [6, 6.07) is 0. The normalized spacial score (nSPS) is 25.8. The van der Waals surface area contributed by atoms with Gasteiger partial charge in [0, 0.05) is 13.1 Å². The average Bonchev–Trinajstić information content (AvgIpc) is 3.26. The summed E-state index contributed by atoms with van der Waals surface area (Å²) >= 11 is 0. The van der Waals surface area contributed by atoms with Crippen molar-refractivity contribution in [3.63, 3.8) is 0 Å². The molecule has 0 amide bonds. The van der Waals surface area contributed by atoms with Gasteiger partial charge in [-0.2, -0.15) is 0 Å². The molecular formula is C16H30N2. The molecular weight excluding hydrogens is 220 g/mol. The first kappa shape index (κ1) is 12.9. The van der Waals surface area contributed by atoms with E-state index in [1.54, 1.807) is 0 Å². The Labute approximate surface area is 113 Å². The van der Waals surface area contributed by atoms with Crippen molar-refractivity contribution >= 4 is 0 Å². The van der Waals surface area contributed by atoms with Crippen LogP contribution in [0.3, 0.4) is 0 Å². The molecule has 104 valence electrons. The molecule has 3 aliphatic rings. The van der Waals surface area contributed by atoms with Crippen LogP contribution in [0.15, 0.2) is 0 Å². The zero-order valence-electron chi connectivity index (χ0n) is 11.9. The van der Waals surface area contributed by atoms with Crippen LogP contribution in [0.1, 0.15) is 51.4 Å². The first-order valence-corrected chi connectivity index (χ1v) is 8.33. The predicted octanol–water partition coefficient (Wildman–Crippen LogP) is 2.89. The van der Waals surface area contributed by atoms with Crippen LogP contribution < -0.4 is 5.32 Å². The SMILES string of the molecule is C(CC1CCNCC1)CN(CC1CC1)CC1CC1. The van der Waals surface area contributed by atoms with E-state index in [-0.39, 0.29) is 0 Å². The van der Waals surface area contributed by atoms with Gasteiger partial charge in [0.05, 0.1) is 0 Å². The smallest absolute Gasteiger partial charge is 0.000978 e. The Bertz CT molecular complexity index is 225. The highest BCUT2D eigenvalue weighted by Crippen LogP contribution is 2.34. The third-order valence-electron chi connectivity index (χ3n) is 4.97. The lowest BCUT2D eigenvalue weighted by Crippen LogP contribution is -2.31. The van der Waals surface area contributed by atoms with Gasteiger partial charge >= 0.3 is 0 Å². The summed E-state index contributed by atoms with van der Waals surface area (Å²) < 4.78 is 0. The van der Waals surface area contributed by atoms with Gasteiger partial charge in [0.15, 0.2) is 0 Å². The number of hydrogen-bond donors (Lipinski definition) is 1. The van der Waals surface area contributed by atoms with Crippen molar-refractivity contribution in [1.29, 1.82) is 0 Å². The third-order valence-corrected chi connectivity index (χ3v) is 4.97. The van der Waals surface area contributed by atoms with Crippen molar-refractivity contribution in [2.45, 2.75) is 51.4 Å². The van der Waals surface area contributed by atoms with Crippen molar-refractivity contribution in [1.82, 2.24) is 10.2 Å². The molecule has 3 rings (SSSR count). The van der Waals surface area contributed by atoms with Crippen molar-refractivity contribution in [3.05, 3.63) is 0 Å². The number of hydrogen-bond acceptors (Lipinski definition) is 2. The van der Waals surface area contributed by atoms with Crippen molar-refractivity contribution in [3.8, 4) is 0 Å². The van der Waals surface area contributed by atoms with E-state index in [2.05, 4.69) is 10.2 Å². The van der Waals surface area contributed by atoms with Gasteiger partial charge in [-0.25, -0.2) is 0 Å². The molecule has 0 unspecified atom stereocenters. The molecule has 1 aliphatic heterocycles. The standard InChI is InChI=1S/C16H30N2/c1(2-14-7-9-17-10-8-14)11-18(12-15-3-4-15)13-16-5-6-16/h14-17H,1-13H2. The monoisotopic (exact) mass is 250 g/mol. The van der Waals surface area contributed by atoms with Crippen LogP contribution in [0, 0.1) is 17.8 Å². The predicted molar refractivity (Wildman–Crippen MR) is 76.7 cm³/mol. The average molecular weight is 250 g/mol. The van der Waals surface area contributed by atoms with E-state index >= 15 is 0 Å². The highest BCUT2D eigenvalue weighted by atomic mass is 15.1. The minimum absolute atomic E-state index is 1.02. The Morgan fingerprint density at radius 2 is 1.39 bits per heavy atom. The minimum atomic E-state index is 1.02. The topological polar surface area (TPSA) is 15.3 Å². The van der Waals surface area contributed by atoms with E-state index in [9.17, 15) is 0 Å². The largest absolute Gasteiger partial charge is 0.317 e. The number of nitrogens with zero attached hydrogens (tertiary/aromatic N) is 1. The van der Waals surface area contributed by atoms with Crippen LogP contribution in [0.4, 0.5) is 0 Å². The zero-order chi connectivity index (χ0) is 12.2. The van der Waals surface area contributed by atoms with Crippen LogP contribution >= 0.6 is 0 Å². The van der Waals surface area contributed by atoms with E-state index in [1.807, 2.05) is 0 Å². The van der Waals surface area contributed by atoms with Crippen LogP contribution in [0.25, 0.3) is 0 Å². The fourth-order valence-electron chi connectivity index (χ4n) is 3.36. The molecule has 2 heteroatoms. The molecule has 1 N–H and O–H groups in total. The van der Waals surface area contributed by atoms with Crippen LogP contribution in [-0.4, -0.2) is 37.6 Å². The van der Waals surface area contributed by atoms with Crippen LogP contribution in [0.5, 0.6) is 0 Å². The molecule has 2 nitrogen and oxygen atoms in total. The number of rotatable bonds is 8. The summed E-state index contributed by atoms with van der Waals surface area (Å²) in [7, 11) is 0. The molecule has 0 atom stereocenters. The maximum atomic E-state index is 3.47. The lowest BCUT2D eigenvalue weighted by molar-refractivity contribution is 0.235. The summed E-state index contributed by atoms with van der Waals surface area (Å²) in [6.07, 6.45) is 11.8. The number of nitrogens with one attached hydrogen (secondary N) is 1. The fourth-order valence-corrected chi connectivity index (χ4v) is 3.36. The second-order valence-corrected chi connectivity index (χ2v) is 6.98. The molecule has 2 aliphatic carbocycles. The van der Waals surface area contributed by atoms with Crippen LogP contribution in [0.2, 0.25) is 0 Å². The minimum Gasteiger partial charge on any atom is -0.317 e. The van der Waals surface area contributed by atoms with E-state index in [4.69, 9.17) is 0 Å². The molecule has 2 saturated carbocycles. The maximum absolute atomic E-state index is 3.47. The van der Waals surface area contributed by atoms with E-state index in [1.165, 1.54) is 84.1 Å². The Kier molecular flexibility index (Phi) is 4.58. The highest BCUT2D eigenvalue weighted by Gasteiger charge is 2.28.